The molecule has 27 heavy (non-hydrogen) atoms. The molecule has 0 aromatic heterocycles. The Morgan fingerprint density at radius 2 is 2.04 bits per heavy atom. The van der Waals surface area contributed by atoms with Gasteiger partial charge in [-0.3, -0.25) is 0 Å². The minimum absolute atomic E-state index is 0.139. The predicted molar refractivity (Wildman–Crippen MR) is 108 cm³/mol. The zero-order valence-electron chi connectivity index (χ0n) is 16.4. The summed E-state index contributed by atoms with van der Waals surface area (Å²) < 4.78 is 41.5. The third-order valence-electron chi connectivity index (χ3n) is 4.87. The first-order chi connectivity index (χ1) is 12.4. The Balaban J connectivity index is 2.29. The van der Waals surface area contributed by atoms with Gasteiger partial charge in [0.15, 0.2) is 0 Å². The fourth-order valence-corrected chi connectivity index (χ4v) is 4.68. The van der Waals surface area contributed by atoms with Crippen LogP contribution in [0.2, 0.25) is 5.02 Å². The minimum Gasteiger partial charge on any atom is -0.305 e. The van der Waals surface area contributed by atoms with Gasteiger partial charge in [0.25, 0.3) is 0 Å². The van der Waals surface area contributed by atoms with Gasteiger partial charge in [-0.15, -0.1) is 0 Å². The van der Waals surface area contributed by atoms with E-state index in [4.69, 9.17) is 11.6 Å². The number of nitrogens with zero attached hydrogens (tertiary/aromatic N) is 2. The summed E-state index contributed by atoms with van der Waals surface area (Å²) in [5, 5.41) is 0.450. The molecule has 1 fully saturated rings. The lowest BCUT2D eigenvalue weighted by Gasteiger charge is -2.22. The Morgan fingerprint density at radius 1 is 1.37 bits per heavy atom. The number of hydrogen-bond donors (Lipinski definition) is 0. The molecule has 0 radical (unpaired) electrons. The van der Waals surface area contributed by atoms with Crippen molar-refractivity contribution in [1.82, 2.24) is 9.21 Å². The second-order valence-electron chi connectivity index (χ2n) is 7.57. The van der Waals surface area contributed by atoms with Crippen molar-refractivity contribution < 1.29 is 12.8 Å². The van der Waals surface area contributed by atoms with E-state index in [1.807, 2.05) is 32.8 Å². The molecule has 2 rings (SSSR count). The molecule has 0 saturated carbocycles. The normalized spacial score (nSPS) is 20.2. The van der Waals surface area contributed by atoms with Crippen molar-refractivity contribution >= 4 is 21.6 Å². The van der Waals surface area contributed by atoms with Crippen molar-refractivity contribution in [3.8, 4) is 0 Å². The van der Waals surface area contributed by atoms with Crippen molar-refractivity contribution in [2.75, 3.05) is 27.2 Å². The van der Waals surface area contributed by atoms with Crippen LogP contribution in [-0.4, -0.2) is 50.8 Å². The molecule has 0 bridgehead atoms. The van der Waals surface area contributed by atoms with Crippen LogP contribution in [0.4, 0.5) is 4.39 Å². The van der Waals surface area contributed by atoms with Crippen molar-refractivity contribution in [2.45, 2.75) is 38.6 Å². The highest BCUT2D eigenvalue weighted by Crippen LogP contribution is 2.29. The van der Waals surface area contributed by atoms with E-state index in [2.05, 4.69) is 12.1 Å². The molecule has 0 aliphatic carbocycles. The maximum Gasteiger partial charge on any atom is 0.245 e. The van der Waals surface area contributed by atoms with Crippen molar-refractivity contribution in [2.24, 2.45) is 0 Å². The van der Waals surface area contributed by atoms with Gasteiger partial charge >= 0.3 is 0 Å². The van der Waals surface area contributed by atoms with Crippen LogP contribution in [-0.2, 0) is 15.4 Å². The monoisotopic (exact) mass is 412 g/mol. The average molecular weight is 413 g/mol. The summed E-state index contributed by atoms with van der Waals surface area (Å²) in [6.07, 6.45) is 3.77. The Hall–Kier alpha value is -1.39. The second-order valence-corrected chi connectivity index (χ2v) is 9.88. The van der Waals surface area contributed by atoms with E-state index in [1.165, 1.54) is 17.3 Å². The van der Waals surface area contributed by atoms with Crippen LogP contribution in [0.25, 0.3) is 0 Å². The SMILES string of the molecule is C/C(F)=C(\C=C/C(C)(C)c1c#cc(Cl)cc1)S(=O)(=O)N1CC[C@@H](N(C)C)C1. The topological polar surface area (TPSA) is 40.6 Å². The lowest BCUT2D eigenvalue weighted by atomic mass is 9.85. The van der Waals surface area contributed by atoms with Crippen LogP contribution in [0.5, 0.6) is 0 Å². The van der Waals surface area contributed by atoms with Crippen LogP contribution in [0.15, 0.2) is 35.0 Å². The number of sulfonamides is 1. The minimum atomic E-state index is -3.89. The molecule has 0 N–H and O–H groups in total. The highest BCUT2D eigenvalue weighted by atomic mass is 35.5. The molecule has 148 valence electrons. The van der Waals surface area contributed by atoms with E-state index in [0.717, 1.165) is 12.0 Å². The van der Waals surface area contributed by atoms with Gasteiger partial charge in [-0.2, -0.15) is 4.31 Å². The Kier molecular flexibility index (Phi) is 6.75. The third-order valence-corrected chi connectivity index (χ3v) is 7.08. The van der Waals surface area contributed by atoms with E-state index in [1.54, 1.807) is 18.2 Å². The molecule has 1 atom stereocenters. The average Bonchev–Trinajstić information content (AvgIpc) is 3.05. The fourth-order valence-electron chi connectivity index (χ4n) is 2.98. The lowest BCUT2D eigenvalue weighted by Crippen LogP contribution is -2.35. The predicted octanol–water partition coefficient (Wildman–Crippen LogP) is 3.94. The van der Waals surface area contributed by atoms with Crippen molar-refractivity contribution in [1.29, 1.82) is 0 Å². The van der Waals surface area contributed by atoms with Crippen LogP contribution in [0.1, 0.15) is 32.8 Å². The summed E-state index contributed by atoms with van der Waals surface area (Å²) in [5.41, 5.74) is 0.222. The molecule has 1 aliphatic rings. The van der Waals surface area contributed by atoms with Crippen LogP contribution in [0, 0.1) is 12.1 Å². The lowest BCUT2D eigenvalue weighted by molar-refractivity contribution is 0.302. The maximum absolute atomic E-state index is 14.2. The van der Waals surface area contributed by atoms with Crippen molar-refractivity contribution in [3.05, 3.63) is 57.7 Å². The van der Waals surface area contributed by atoms with Gasteiger partial charge in [0.1, 0.15) is 10.7 Å². The summed E-state index contributed by atoms with van der Waals surface area (Å²) >= 11 is 5.85. The molecule has 1 aromatic carbocycles. The highest BCUT2D eigenvalue weighted by Gasteiger charge is 2.35. The standard InChI is InChI=1S/C20H26ClFN2O2S/c1-15(22)19(27(25,26)24-13-11-18(14-24)23(4)5)10-12-20(2,3)16-6-8-17(21)9-7-16/h6,8,10,12,18H,11,13-14H2,1-5H3/b12-10-,19-15-/t18-/m1/s1. The smallest absolute Gasteiger partial charge is 0.245 e. The quantitative estimate of drug-likeness (QED) is 0.664. The molecule has 4 nitrogen and oxygen atoms in total. The van der Waals surface area contributed by atoms with Crippen LogP contribution < -0.4 is 0 Å². The summed E-state index contributed by atoms with van der Waals surface area (Å²) in [7, 11) is -0.0591. The first-order valence-corrected chi connectivity index (χ1v) is 10.6. The van der Waals surface area contributed by atoms with Gasteiger partial charge in [0.2, 0.25) is 10.0 Å². The zero-order valence-corrected chi connectivity index (χ0v) is 18.0. The maximum atomic E-state index is 14.2. The first-order valence-electron chi connectivity index (χ1n) is 8.77. The Bertz CT molecular complexity index is 826. The summed E-state index contributed by atoms with van der Waals surface area (Å²) in [5.74, 6) is -0.720. The summed E-state index contributed by atoms with van der Waals surface area (Å²) in [6, 6.07) is 9.39. The molecule has 0 spiro atoms. The molecule has 7 heteroatoms. The van der Waals surface area contributed by atoms with Crippen LogP contribution >= 0.6 is 11.6 Å². The van der Waals surface area contributed by atoms with Gasteiger partial charge in [0.05, 0.1) is 5.02 Å². The molecule has 0 unspecified atom stereocenters. The largest absolute Gasteiger partial charge is 0.305 e. The van der Waals surface area contributed by atoms with E-state index in [9.17, 15) is 12.8 Å². The number of likely N-dealkylation sites (N-methyl/N-ethyl adjacent to an activating group) is 1. The Labute approximate surface area is 167 Å². The van der Waals surface area contributed by atoms with Gasteiger partial charge in [0, 0.05) is 30.1 Å². The number of allylic oxidation sites excluding steroid dienone is 3. The van der Waals surface area contributed by atoms with Gasteiger partial charge < -0.3 is 4.90 Å². The van der Waals surface area contributed by atoms with Crippen molar-refractivity contribution in [3.63, 3.8) is 0 Å². The molecule has 1 aromatic rings. The fraction of sp³-hybridized carbons (Fsp3) is 0.500. The summed E-state index contributed by atoms with van der Waals surface area (Å²) in [6.45, 7) is 5.72. The molecular weight excluding hydrogens is 387 g/mol. The van der Waals surface area contributed by atoms with Gasteiger partial charge in [-0.05, 0) is 51.7 Å². The first kappa shape index (κ1) is 21.9. The summed E-state index contributed by atoms with van der Waals surface area (Å²) in [4.78, 5) is 1.69. The number of hydrogen-bond acceptors (Lipinski definition) is 3. The van der Waals surface area contributed by atoms with E-state index >= 15 is 0 Å². The zero-order chi connectivity index (χ0) is 20.4. The molecule has 1 heterocycles. The second kappa shape index (κ2) is 8.32. The number of rotatable bonds is 6. The van der Waals surface area contributed by atoms with E-state index in [-0.39, 0.29) is 10.9 Å². The Morgan fingerprint density at radius 3 is 2.52 bits per heavy atom. The van der Waals surface area contributed by atoms with Gasteiger partial charge in [-0.1, -0.05) is 37.6 Å². The van der Waals surface area contributed by atoms with Gasteiger partial charge in [-0.25, -0.2) is 12.8 Å². The molecule has 0 amide bonds. The molecule has 1 aliphatic heterocycles. The highest BCUT2D eigenvalue weighted by molar-refractivity contribution is 7.93. The molecule has 1 saturated heterocycles. The molecular formula is C20H26ClFN2O2S. The van der Waals surface area contributed by atoms with E-state index < -0.39 is 21.3 Å². The number of halogens is 2. The van der Waals surface area contributed by atoms with Crippen LogP contribution in [0.3, 0.4) is 0 Å². The van der Waals surface area contributed by atoms with E-state index in [0.29, 0.717) is 18.1 Å². The third kappa shape index (κ3) is 5.11.